The number of benzene rings is 1. The van der Waals surface area contributed by atoms with E-state index in [0.717, 1.165) is 24.0 Å². The van der Waals surface area contributed by atoms with Gasteiger partial charge in [-0.05, 0) is 37.5 Å². The van der Waals surface area contributed by atoms with Crippen molar-refractivity contribution in [3.05, 3.63) is 35.9 Å². The number of allylic oxidation sites excluding steroid dienone is 2. The first-order valence-electron chi connectivity index (χ1n) is 9.31. The SMILES string of the molecule is COc1ccc(OC)c(C[NH+]2CC[NH+](C[C@H]3CC=CCC3)CC2)c1. The molecule has 1 heterocycles. The van der Waals surface area contributed by atoms with Gasteiger partial charge >= 0.3 is 0 Å². The van der Waals surface area contributed by atoms with E-state index >= 15 is 0 Å². The topological polar surface area (TPSA) is 27.3 Å². The second-order valence-corrected chi connectivity index (χ2v) is 7.21. The van der Waals surface area contributed by atoms with Crippen LogP contribution < -0.4 is 19.3 Å². The molecule has 4 nitrogen and oxygen atoms in total. The third kappa shape index (κ3) is 4.52. The Morgan fingerprint density at radius 1 is 1.00 bits per heavy atom. The van der Waals surface area contributed by atoms with Crippen molar-refractivity contribution in [3.8, 4) is 11.5 Å². The zero-order chi connectivity index (χ0) is 16.8. The van der Waals surface area contributed by atoms with E-state index in [0.29, 0.717) is 0 Å². The molecule has 3 rings (SSSR count). The molecule has 4 heteroatoms. The quantitative estimate of drug-likeness (QED) is 0.736. The lowest BCUT2D eigenvalue weighted by Gasteiger charge is -2.32. The monoisotopic (exact) mass is 332 g/mol. The van der Waals surface area contributed by atoms with Crippen molar-refractivity contribution in [2.75, 3.05) is 46.9 Å². The Hall–Kier alpha value is -1.52. The molecule has 1 aromatic rings. The van der Waals surface area contributed by atoms with Crippen LogP contribution >= 0.6 is 0 Å². The maximum absolute atomic E-state index is 5.53. The summed E-state index contributed by atoms with van der Waals surface area (Å²) in [5, 5.41) is 0. The Kier molecular flexibility index (Phi) is 6.16. The van der Waals surface area contributed by atoms with E-state index in [2.05, 4.69) is 18.2 Å². The number of piperazine rings is 1. The van der Waals surface area contributed by atoms with Crippen molar-refractivity contribution in [1.29, 1.82) is 0 Å². The largest absolute Gasteiger partial charge is 0.497 e. The van der Waals surface area contributed by atoms with E-state index in [1.165, 1.54) is 57.5 Å². The first kappa shape index (κ1) is 17.3. The van der Waals surface area contributed by atoms with Crippen LogP contribution in [0.2, 0.25) is 0 Å². The van der Waals surface area contributed by atoms with Crippen molar-refractivity contribution < 1.29 is 19.3 Å². The van der Waals surface area contributed by atoms with Gasteiger partial charge in [0.2, 0.25) is 0 Å². The Morgan fingerprint density at radius 2 is 1.79 bits per heavy atom. The molecule has 0 radical (unpaired) electrons. The molecule has 2 aliphatic rings. The number of hydrogen-bond donors (Lipinski definition) is 2. The molecule has 2 N–H and O–H groups in total. The van der Waals surface area contributed by atoms with Crippen LogP contribution in [0.25, 0.3) is 0 Å². The molecule has 0 aromatic heterocycles. The highest BCUT2D eigenvalue weighted by atomic mass is 16.5. The molecule has 1 aliphatic heterocycles. The number of methoxy groups -OCH3 is 2. The van der Waals surface area contributed by atoms with Gasteiger partial charge in [-0.2, -0.15) is 0 Å². The number of rotatable bonds is 6. The minimum absolute atomic E-state index is 0.907. The van der Waals surface area contributed by atoms with Crippen LogP contribution in [-0.2, 0) is 6.54 Å². The fraction of sp³-hybridized carbons (Fsp3) is 0.600. The summed E-state index contributed by atoms with van der Waals surface area (Å²) in [7, 11) is 3.47. The number of nitrogens with one attached hydrogen (secondary N) is 2. The van der Waals surface area contributed by atoms with Gasteiger partial charge in [-0.1, -0.05) is 12.2 Å². The highest BCUT2D eigenvalue weighted by molar-refractivity contribution is 5.39. The summed E-state index contributed by atoms with van der Waals surface area (Å²) >= 11 is 0. The first-order valence-corrected chi connectivity index (χ1v) is 9.31. The van der Waals surface area contributed by atoms with Crippen LogP contribution in [0.3, 0.4) is 0 Å². The average Bonchev–Trinajstić information content (AvgIpc) is 2.64. The van der Waals surface area contributed by atoms with E-state index in [-0.39, 0.29) is 0 Å². The van der Waals surface area contributed by atoms with E-state index in [4.69, 9.17) is 9.47 Å². The van der Waals surface area contributed by atoms with E-state index in [9.17, 15) is 0 Å². The van der Waals surface area contributed by atoms with Gasteiger partial charge in [-0.25, -0.2) is 0 Å². The average molecular weight is 332 g/mol. The minimum Gasteiger partial charge on any atom is -0.497 e. The zero-order valence-electron chi connectivity index (χ0n) is 15.1. The van der Waals surface area contributed by atoms with Gasteiger partial charge in [0.25, 0.3) is 0 Å². The molecule has 1 atom stereocenters. The van der Waals surface area contributed by atoms with Crippen LogP contribution in [0.5, 0.6) is 11.5 Å². The lowest BCUT2D eigenvalue weighted by atomic mass is 9.94. The predicted octanol–water partition coefficient (Wildman–Crippen LogP) is 0.344. The standard InChI is InChI=1S/C20H30N2O2/c1-23-19-8-9-20(24-2)18(14-19)16-22-12-10-21(11-13-22)15-17-6-4-3-5-7-17/h3-4,8-9,14,17H,5-7,10-13,15-16H2,1-2H3/p+2/t17-/m0/s1. The van der Waals surface area contributed by atoms with Crippen molar-refractivity contribution in [2.45, 2.75) is 25.8 Å². The van der Waals surface area contributed by atoms with E-state index in [1.54, 1.807) is 24.0 Å². The van der Waals surface area contributed by atoms with Gasteiger partial charge in [-0.15, -0.1) is 0 Å². The van der Waals surface area contributed by atoms with Crippen molar-refractivity contribution in [1.82, 2.24) is 0 Å². The molecular weight excluding hydrogens is 300 g/mol. The third-order valence-electron chi connectivity index (χ3n) is 5.55. The van der Waals surface area contributed by atoms with Crippen LogP contribution in [0.4, 0.5) is 0 Å². The Balaban J connectivity index is 1.51. The fourth-order valence-electron chi connectivity index (χ4n) is 4.08. The van der Waals surface area contributed by atoms with Gasteiger partial charge in [-0.3, -0.25) is 0 Å². The van der Waals surface area contributed by atoms with Gasteiger partial charge < -0.3 is 19.3 Å². The molecule has 0 amide bonds. The lowest BCUT2D eigenvalue weighted by molar-refractivity contribution is -1.02. The summed E-state index contributed by atoms with van der Waals surface area (Å²) in [5.74, 6) is 2.80. The molecule has 1 saturated heterocycles. The van der Waals surface area contributed by atoms with E-state index in [1.807, 2.05) is 12.1 Å². The second kappa shape index (κ2) is 8.54. The maximum Gasteiger partial charge on any atom is 0.127 e. The van der Waals surface area contributed by atoms with Gasteiger partial charge in [0.05, 0.1) is 26.3 Å². The highest BCUT2D eigenvalue weighted by Gasteiger charge is 2.26. The summed E-state index contributed by atoms with van der Waals surface area (Å²) in [4.78, 5) is 3.46. The van der Waals surface area contributed by atoms with Crippen molar-refractivity contribution in [2.24, 2.45) is 5.92 Å². The van der Waals surface area contributed by atoms with Crippen LogP contribution in [0.15, 0.2) is 30.4 Å². The second-order valence-electron chi connectivity index (χ2n) is 7.21. The van der Waals surface area contributed by atoms with E-state index < -0.39 is 0 Å². The predicted molar refractivity (Wildman–Crippen MR) is 96.0 cm³/mol. The molecule has 1 aromatic carbocycles. The van der Waals surface area contributed by atoms with Crippen LogP contribution in [-0.4, -0.2) is 46.9 Å². The van der Waals surface area contributed by atoms with Crippen LogP contribution in [0.1, 0.15) is 24.8 Å². The minimum atomic E-state index is 0.907. The molecule has 0 spiro atoms. The number of hydrogen-bond acceptors (Lipinski definition) is 2. The summed E-state index contributed by atoms with van der Waals surface area (Å²) < 4.78 is 10.9. The molecule has 1 aliphatic carbocycles. The Morgan fingerprint density at radius 3 is 2.46 bits per heavy atom. The maximum atomic E-state index is 5.53. The third-order valence-corrected chi connectivity index (χ3v) is 5.55. The van der Waals surface area contributed by atoms with Gasteiger partial charge in [0.15, 0.2) is 0 Å². The molecule has 0 unspecified atom stereocenters. The molecular formula is C20H32N2O2+2. The Labute approximate surface area is 146 Å². The van der Waals surface area contributed by atoms with Crippen molar-refractivity contribution in [3.63, 3.8) is 0 Å². The van der Waals surface area contributed by atoms with Crippen molar-refractivity contribution >= 4 is 0 Å². The molecule has 0 saturated carbocycles. The molecule has 1 fully saturated rings. The number of ether oxygens (including phenoxy) is 2. The highest BCUT2D eigenvalue weighted by Crippen LogP contribution is 2.23. The lowest BCUT2D eigenvalue weighted by Crippen LogP contribution is -3.27. The zero-order valence-corrected chi connectivity index (χ0v) is 15.1. The summed E-state index contributed by atoms with van der Waals surface area (Å²) in [6, 6.07) is 6.11. The molecule has 0 bridgehead atoms. The van der Waals surface area contributed by atoms with Crippen LogP contribution in [0, 0.1) is 5.92 Å². The summed E-state index contributed by atoms with van der Waals surface area (Å²) in [6.07, 6.45) is 8.68. The summed E-state index contributed by atoms with van der Waals surface area (Å²) in [6.45, 7) is 7.47. The first-order chi connectivity index (χ1) is 11.8. The molecule has 24 heavy (non-hydrogen) atoms. The van der Waals surface area contributed by atoms with Gasteiger partial charge in [0.1, 0.15) is 44.2 Å². The number of quaternary nitrogens is 2. The normalized spacial score (nSPS) is 27.0. The molecule has 132 valence electrons. The smallest absolute Gasteiger partial charge is 0.127 e. The van der Waals surface area contributed by atoms with Gasteiger partial charge in [0, 0.05) is 5.92 Å². The Bertz CT molecular complexity index is 551. The fourth-order valence-corrected chi connectivity index (χ4v) is 4.08. The summed E-state index contributed by atoms with van der Waals surface area (Å²) in [5.41, 5.74) is 1.26.